The highest BCUT2D eigenvalue weighted by Crippen LogP contribution is 2.07. The molecule has 5 heteroatoms. The molecule has 0 aliphatic rings. The number of urea groups is 1. The smallest absolute Gasteiger partial charge is 0.321 e. The maximum Gasteiger partial charge on any atom is 0.321 e. The third-order valence-electron chi connectivity index (χ3n) is 2.55. The maximum absolute atomic E-state index is 11.9. The lowest BCUT2D eigenvalue weighted by Crippen LogP contribution is -2.30. The van der Waals surface area contributed by atoms with E-state index in [0.717, 1.165) is 11.3 Å². The number of nitrogens with zero attached hydrogens (tertiary/aromatic N) is 3. The van der Waals surface area contributed by atoms with Crippen molar-refractivity contribution in [1.29, 1.82) is 0 Å². The Morgan fingerprint density at radius 2 is 2.11 bits per heavy atom. The van der Waals surface area contributed by atoms with Gasteiger partial charge in [-0.3, -0.25) is 4.68 Å². The number of amides is 2. The van der Waals surface area contributed by atoms with Crippen LogP contribution in [0.3, 0.4) is 0 Å². The molecular weight excluding hydrogens is 228 g/mol. The normalized spacial score (nSPS) is 10.1. The first-order chi connectivity index (χ1) is 8.65. The Labute approximate surface area is 106 Å². The summed E-state index contributed by atoms with van der Waals surface area (Å²) in [4.78, 5) is 13.5. The molecule has 0 unspecified atom stereocenters. The number of hydrogen-bond acceptors (Lipinski definition) is 2. The zero-order valence-electron chi connectivity index (χ0n) is 10.5. The van der Waals surface area contributed by atoms with Gasteiger partial charge in [0.15, 0.2) is 0 Å². The highest BCUT2D eigenvalue weighted by molar-refractivity contribution is 5.89. The first-order valence-corrected chi connectivity index (χ1v) is 5.70. The van der Waals surface area contributed by atoms with Gasteiger partial charge in [-0.1, -0.05) is 18.2 Å². The first-order valence-electron chi connectivity index (χ1n) is 5.70. The third-order valence-corrected chi connectivity index (χ3v) is 2.55. The Bertz CT molecular complexity index is 521. The van der Waals surface area contributed by atoms with Gasteiger partial charge in [0.05, 0.1) is 12.7 Å². The van der Waals surface area contributed by atoms with Crippen molar-refractivity contribution in [2.75, 3.05) is 12.4 Å². The van der Waals surface area contributed by atoms with Gasteiger partial charge in [-0.25, -0.2) is 4.79 Å². The Morgan fingerprint density at radius 3 is 2.72 bits per heavy atom. The number of benzene rings is 1. The summed E-state index contributed by atoms with van der Waals surface area (Å²) in [5, 5.41) is 6.90. The summed E-state index contributed by atoms with van der Waals surface area (Å²) in [5.41, 5.74) is 1.80. The number of aromatic nitrogens is 2. The number of nitrogens with one attached hydrogen (secondary N) is 1. The van der Waals surface area contributed by atoms with E-state index in [9.17, 15) is 4.79 Å². The zero-order chi connectivity index (χ0) is 13.0. The van der Waals surface area contributed by atoms with Crippen molar-refractivity contribution in [3.8, 4) is 0 Å². The number of carbonyl (C=O) groups excluding carboxylic acids is 1. The van der Waals surface area contributed by atoms with Gasteiger partial charge in [-0.2, -0.15) is 5.10 Å². The minimum absolute atomic E-state index is 0.134. The van der Waals surface area contributed by atoms with Crippen molar-refractivity contribution in [3.05, 3.63) is 48.3 Å². The zero-order valence-corrected chi connectivity index (χ0v) is 10.5. The van der Waals surface area contributed by atoms with E-state index in [1.54, 1.807) is 22.8 Å². The molecule has 1 aromatic heterocycles. The topological polar surface area (TPSA) is 50.2 Å². The van der Waals surface area contributed by atoms with Crippen LogP contribution in [-0.2, 0) is 13.6 Å². The van der Waals surface area contributed by atoms with Crippen molar-refractivity contribution in [2.45, 2.75) is 6.54 Å². The summed E-state index contributed by atoms with van der Waals surface area (Å²) < 4.78 is 1.72. The summed E-state index contributed by atoms with van der Waals surface area (Å²) in [6.45, 7) is 0.534. The van der Waals surface area contributed by atoms with E-state index in [2.05, 4.69) is 10.4 Å². The fourth-order valence-electron chi connectivity index (χ4n) is 1.64. The Balaban J connectivity index is 1.93. The van der Waals surface area contributed by atoms with E-state index in [-0.39, 0.29) is 6.03 Å². The molecule has 2 aromatic rings. The first kappa shape index (κ1) is 12.2. The van der Waals surface area contributed by atoms with Crippen LogP contribution >= 0.6 is 0 Å². The second-order valence-corrected chi connectivity index (χ2v) is 4.17. The van der Waals surface area contributed by atoms with Crippen molar-refractivity contribution in [1.82, 2.24) is 14.7 Å². The molecule has 0 saturated heterocycles. The van der Waals surface area contributed by atoms with Gasteiger partial charge < -0.3 is 10.2 Å². The predicted octanol–water partition coefficient (Wildman–Crippen LogP) is 2.08. The second kappa shape index (κ2) is 5.35. The maximum atomic E-state index is 11.9. The average Bonchev–Trinajstić information content (AvgIpc) is 2.76. The summed E-state index contributed by atoms with van der Waals surface area (Å²) in [6, 6.07) is 9.26. The van der Waals surface area contributed by atoms with Crippen molar-refractivity contribution in [2.24, 2.45) is 7.05 Å². The lowest BCUT2D eigenvalue weighted by atomic mass is 10.3. The second-order valence-electron chi connectivity index (χ2n) is 4.17. The average molecular weight is 244 g/mol. The fourth-order valence-corrected chi connectivity index (χ4v) is 1.64. The monoisotopic (exact) mass is 244 g/mol. The molecule has 1 aromatic carbocycles. The van der Waals surface area contributed by atoms with Gasteiger partial charge in [-0.05, 0) is 12.1 Å². The van der Waals surface area contributed by atoms with E-state index >= 15 is 0 Å². The quantitative estimate of drug-likeness (QED) is 0.898. The van der Waals surface area contributed by atoms with Gasteiger partial charge in [0, 0.05) is 31.5 Å². The molecule has 0 aliphatic carbocycles. The minimum atomic E-state index is -0.134. The SMILES string of the molecule is CN(Cc1cnn(C)c1)C(=O)Nc1ccccc1. The number of para-hydroxylation sites is 1. The van der Waals surface area contributed by atoms with Crippen LogP contribution < -0.4 is 5.32 Å². The molecule has 94 valence electrons. The van der Waals surface area contributed by atoms with E-state index in [4.69, 9.17) is 0 Å². The van der Waals surface area contributed by atoms with Gasteiger partial charge in [-0.15, -0.1) is 0 Å². The van der Waals surface area contributed by atoms with Crippen molar-refractivity contribution >= 4 is 11.7 Å². The van der Waals surface area contributed by atoms with Crippen molar-refractivity contribution < 1.29 is 4.79 Å². The van der Waals surface area contributed by atoms with Crippen LogP contribution in [0.15, 0.2) is 42.7 Å². The molecular formula is C13H16N4O. The fraction of sp³-hybridized carbons (Fsp3) is 0.231. The molecule has 0 saturated carbocycles. The minimum Gasteiger partial charge on any atom is -0.323 e. The highest BCUT2D eigenvalue weighted by atomic mass is 16.2. The van der Waals surface area contributed by atoms with Gasteiger partial charge in [0.2, 0.25) is 0 Å². The molecule has 2 amide bonds. The van der Waals surface area contributed by atoms with Crippen LogP contribution in [0.1, 0.15) is 5.56 Å². The van der Waals surface area contributed by atoms with Crippen LogP contribution in [0.4, 0.5) is 10.5 Å². The summed E-state index contributed by atoms with van der Waals surface area (Å²) in [7, 11) is 3.61. The van der Waals surface area contributed by atoms with E-state index in [1.165, 1.54) is 0 Å². The summed E-state index contributed by atoms with van der Waals surface area (Å²) >= 11 is 0. The number of anilines is 1. The standard InChI is InChI=1S/C13H16N4O/c1-16(9-11-8-14-17(2)10-11)13(18)15-12-6-4-3-5-7-12/h3-8,10H,9H2,1-2H3,(H,15,18). The third kappa shape index (κ3) is 3.10. The lowest BCUT2D eigenvalue weighted by Gasteiger charge is -2.17. The number of carbonyl (C=O) groups is 1. The molecule has 2 rings (SSSR count). The molecule has 0 bridgehead atoms. The summed E-state index contributed by atoms with van der Waals surface area (Å²) in [6.07, 6.45) is 3.65. The molecule has 0 radical (unpaired) electrons. The van der Waals surface area contributed by atoms with Gasteiger partial charge in [0.25, 0.3) is 0 Å². The highest BCUT2D eigenvalue weighted by Gasteiger charge is 2.09. The molecule has 18 heavy (non-hydrogen) atoms. The molecule has 0 fully saturated rings. The largest absolute Gasteiger partial charge is 0.323 e. The van der Waals surface area contributed by atoms with Gasteiger partial charge in [0.1, 0.15) is 0 Å². The molecule has 0 spiro atoms. The van der Waals surface area contributed by atoms with Crippen LogP contribution in [0.25, 0.3) is 0 Å². The Kier molecular flexibility index (Phi) is 3.62. The van der Waals surface area contributed by atoms with Crippen LogP contribution in [-0.4, -0.2) is 27.8 Å². The van der Waals surface area contributed by atoms with E-state index in [0.29, 0.717) is 6.54 Å². The Hall–Kier alpha value is -2.30. The molecule has 0 atom stereocenters. The lowest BCUT2D eigenvalue weighted by molar-refractivity contribution is 0.220. The molecule has 1 N–H and O–H groups in total. The molecule has 5 nitrogen and oxygen atoms in total. The number of hydrogen-bond donors (Lipinski definition) is 1. The molecule has 0 aliphatic heterocycles. The number of rotatable bonds is 3. The van der Waals surface area contributed by atoms with Crippen molar-refractivity contribution in [3.63, 3.8) is 0 Å². The Morgan fingerprint density at radius 1 is 1.39 bits per heavy atom. The van der Waals surface area contributed by atoms with Crippen LogP contribution in [0, 0.1) is 0 Å². The van der Waals surface area contributed by atoms with E-state index in [1.807, 2.05) is 43.6 Å². The predicted molar refractivity (Wildman–Crippen MR) is 70.1 cm³/mol. The van der Waals surface area contributed by atoms with E-state index < -0.39 is 0 Å². The van der Waals surface area contributed by atoms with Gasteiger partial charge >= 0.3 is 6.03 Å². The summed E-state index contributed by atoms with van der Waals surface area (Å²) in [5.74, 6) is 0. The number of aryl methyl sites for hydroxylation is 1. The molecule has 1 heterocycles. The van der Waals surface area contributed by atoms with Crippen LogP contribution in [0.2, 0.25) is 0 Å². The van der Waals surface area contributed by atoms with Crippen LogP contribution in [0.5, 0.6) is 0 Å².